The van der Waals surface area contributed by atoms with Gasteiger partial charge in [-0.2, -0.15) is 0 Å². The van der Waals surface area contributed by atoms with Crippen LogP contribution in [0.1, 0.15) is 29.7 Å². The predicted molar refractivity (Wildman–Crippen MR) is 98.4 cm³/mol. The molecule has 128 valence electrons. The van der Waals surface area contributed by atoms with Gasteiger partial charge in [0.2, 0.25) is 0 Å². The third-order valence-electron chi connectivity index (χ3n) is 4.29. The number of hydrogen-bond donors (Lipinski definition) is 1. The summed E-state index contributed by atoms with van der Waals surface area (Å²) in [6.07, 6.45) is 0.992. The second kappa shape index (κ2) is 7.45. The van der Waals surface area contributed by atoms with Crippen molar-refractivity contribution in [2.24, 2.45) is 0 Å². The molecule has 1 aliphatic heterocycles. The van der Waals surface area contributed by atoms with Gasteiger partial charge in [0.15, 0.2) is 0 Å². The number of halogens is 1. The first-order chi connectivity index (χ1) is 11.7. The lowest BCUT2D eigenvalue weighted by molar-refractivity contribution is 0.339. The number of nitrogens with one attached hydrogen (secondary N) is 1. The normalized spacial score (nSPS) is 16.4. The van der Waals surface area contributed by atoms with Crippen LogP contribution < -0.4 is 19.5 Å². The number of methoxy groups -OCH3 is 2. The largest absolute Gasteiger partial charge is 0.496 e. The molecule has 2 aromatic rings. The fraction of sp³-hybridized carbons (Fsp3) is 0.368. The maximum atomic E-state index is 5.64. The van der Waals surface area contributed by atoms with E-state index in [4.69, 9.17) is 14.2 Å². The van der Waals surface area contributed by atoms with E-state index in [1.54, 1.807) is 14.2 Å². The number of fused-ring (bicyclic) bond motifs is 1. The molecule has 0 saturated heterocycles. The van der Waals surface area contributed by atoms with Crippen molar-refractivity contribution in [3.63, 3.8) is 0 Å². The standard InChI is InChI=1S/C19H22BrNO3/c1-4-24-13-5-6-14-12(9-13)7-8-21-19(14)15-10-16(20)18(23-3)11-17(15)22-2/h5-6,9-11,19,21H,4,7-8H2,1-3H3. The summed E-state index contributed by atoms with van der Waals surface area (Å²) in [5, 5.41) is 3.60. The van der Waals surface area contributed by atoms with E-state index in [2.05, 4.69) is 39.4 Å². The Labute approximate surface area is 151 Å². The zero-order valence-electron chi connectivity index (χ0n) is 14.2. The van der Waals surface area contributed by atoms with Crippen LogP contribution in [0.4, 0.5) is 0 Å². The summed E-state index contributed by atoms with van der Waals surface area (Å²) in [7, 11) is 3.34. The Hall–Kier alpha value is -1.72. The Bertz CT molecular complexity index is 733. The highest BCUT2D eigenvalue weighted by Crippen LogP contribution is 2.40. The van der Waals surface area contributed by atoms with Crippen LogP contribution in [-0.4, -0.2) is 27.4 Å². The molecule has 4 nitrogen and oxygen atoms in total. The van der Waals surface area contributed by atoms with Gasteiger partial charge >= 0.3 is 0 Å². The van der Waals surface area contributed by atoms with E-state index in [0.29, 0.717) is 6.61 Å². The smallest absolute Gasteiger partial charge is 0.136 e. The van der Waals surface area contributed by atoms with Gasteiger partial charge in [-0.25, -0.2) is 0 Å². The molecule has 3 rings (SSSR count). The monoisotopic (exact) mass is 391 g/mol. The Morgan fingerprint density at radius 3 is 2.58 bits per heavy atom. The average molecular weight is 392 g/mol. The van der Waals surface area contributed by atoms with Crippen LogP contribution in [0.2, 0.25) is 0 Å². The highest BCUT2D eigenvalue weighted by atomic mass is 79.9. The first-order valence-electron chi connectivity index (χ1n) is 8.08. The van der Waals surface area contributed by atoms with E-state index in [1.165, 1.54) is 11.1 Å². The molecule has 0 amide bonds. The Morgan fingerprint density at radius 2 is 1.88 bits per heavy atom. The number of benzene rings is 2. The highest BCUT2D eigenvalue weighted by molar-refractivity contribution is 9.10. The molecule has 0 aromatic heterocycles. The van der Waals surface area contributed by atoms with Crippen LogP contribution in [0.15, 0.2) is 34.8 Å². The van der Waals surface area contributed by atoms with Crippen molar-refractivity contribution in [1.29, 1.82) is 0 Å². The molecule has 1 N–H and O–H groups in total. The van der Waals surface area contributed by atoms with E-state index >= 15 is 0 Å². The average Bonchev–Trinajstić information content (AvgIpc) is 2.61. The number of ether oxygens (including phenoxy) is 3. The van der Waals surface area contributed by atoms with Crippen molar-refractivity contribution in [1.82, 2.24) is 5.32 Å². The van der Waals surface area contributed by atoms with Gasteiger partial charge in [0.25, 0.3) is 0 Å². The summed E-state index contributed by atoms with van der Waals surface area (Å²) in [6, 6.07) is 10.4. The Morgan fingerprint density at radius 1 is 1.08 bits per heavy atom. The SMILES string of the molecule is CCOc1ccc2c(c1)CCNC2c1cc(Br)c(OC)cc1OC. The van der Waals surface area contributed by atoms with Crippen LogP contribution in [0.3, 0.4) is 0 Å². The van der Waals surface area contributed by atoms with Gasteiger partial charge in [-0.3, -0.25) is 0 Å². The molecule has 0 fully saturated rings. The van der Waals surface area contributed by atoms with Crippen molar-refractivity contribution in [2.75, 3.05) is 27.4 Å². The van der Waals surface area contributed by atoms with Crippen molar-refractivity contribution in [2.45, 2.75) is 19.4 Å². The molecular formula is C19H22BrNO3. The zero-order valence-corrected chi connectivity index (χ0v) is 15.8. The first-order valence-corrected chi connectivity index (χ1v) is 8.87. The molecule has 0 aliphatic carbocycles. The van der Waals surface area contributed by atoms with Crippen LogP contribution in [-0.2, 0) is 6.42 Å². The van der Waals surface area contributed by atoms with Gasteiger partial charge in [-0.1, -0.05) is 6.07 Å². The molecule has 24 heavy (non-hydrogen) atoms. The highest BCUT2D eigenvalue weighted by Gasteiger charge is 2.25. The molecule has 2 aromatic carbocycles. The fourth-order valence-electron chi connectivity index (χ4n) is 3.18. The lowest BCUT2D eigenvalue weighted by atomic mass is 9.89. The molecule has 1 unspecified atom stereocenters. The maximum Gasteiger partial charge on any atom is 0.136 e. The summed E-state index contributed by atoms with van der Waals surface area (Å²) >= 11 is 3.58. The third-order valence-corrected chi connectivity index (χ3v) is 4.91. The van der Waals surface area contributed by atoms with Gasteiger partial charge in [0.05, 0.1) is 31.3 Å². The summed E-state index contributed by atoms with van der Waals surface area (Å²) in [5.41, 5.74) is 3.68. The molecule has 1 aliphatic rings. The molecule has 5 heteroatoms. The molecule has 1 atom stereocenters. The zero-order chi connectivity index (χ0) is 17.1. The third kappa shape index (κ3) is 3.23. The molecule has 0 saturated carbocycles. The lowest BCUT2D eigenvalue weighted by Crippen LogP contribution is -2.30. The van der Waals surface area contributed by atoms with Crippen LogP contribution in [0, 0.1) is 0 Å². The Balaban J connectivity index is 2.04. The topological polar surface area (TPSA) is 39.7 Å². The van der Waals surface area contributed by atoms with Crippen LogP contribution in [0.25, 0.3) is 0 Å². The van der Waals surface area contributed by atoms with Crippen molar-refractivity contribution < 1.29 is 14.2 Å². The van der Waals surface area contributed by atoms with Gasteiger partial charge in [-0.15, -0.1) is 0 Å². The van der Waals surface area contributed by atoms with Gasteiger partial charge < -0.3 is 19.5 Å². The van der Waals surface area contributed by atoms with Gasteiger partial charge in [0, 0.05) is 18.2 Å². The minimum absolute atomic E-state index is 0.0848. The quantitative estimate of drug-likeness (QED) is 0.832. The van der Waals surface area contributed by atoms with Crippen molar-refractivity contribution in [3.05, 3.63) is 51.5 Å². The first kappa shape index (κ1) is 17.1. The summed E-state index contributed by atoms with van der Waals surface area (Å²) in [6.45, 7) is 3.60. The minimum atomic E-state index is 0.0848. The van der Waals surface area contributed by atoms with Crippen molar-refractivity contribution in [3.8, 4) is 17.2 Å². The molecule has 1 heterocycles. The van der Waals surface area contributed by atoms with E-state index in [-0.39, 0.29) is 6.04 Å². The second-order valence-corrected chi connectivity index (χ2v) is 6.51. The van der Waals surface area contributed by atoms with E-state index in [0.717, 1.165) is 40.3 Å². The van der Waals surface area contributed by atoms with Crippen LogP contribution >= 0.6 is 15.9 Å². The Kier molecular flexibility index (Phi) is 5.31. The molecule has 0 bridgehead atoms. The van der Waals surface area contributed by atoms with Gasteiger partial charge in [0.1, 0.15) is 17.2 Å². The van der Waals surface area contributed by atoms with Crippen molar-refractivity contribution >= 4 is 15.9 Å². The van der Waals surface area contributed by atoms with E-state index < -0.39 is 0 Å². The molecule has 0 radical (unpaired) electrons. The van der Waals surface area contributed by atoms with E-state index in [9.17, 15) is 0 Å². The summed E-state index contributed by atoms with van der Waals surface area (Å²) in [4.78, 5) is 0. The molecule has 0 spiro atoms. The molecular weight excluding hydrogens is 370 g/mol. The van der Waals surface area contributed by atoms with E-state index in [1.807, 2.05) is 19.1 Å². The van der Waals surface area contributed by atoms with Crippen LogP contribution in [0.5, 0.6) is 17.2 Å². The number of hydrogen-bond acceptors (Lipinski definition) is 4. The number of rotatable bonds is 5. The predicted octanol–water partition coefficient (Wildman–Crippen LogP) is 4.10. The van der Waals surface area contributed by atoms with Gasteiger partial charge in [-0.05, 0) is 58.6 Å². The lowest BCUT2D eigenvalue weighted by Gasteiger charge is -2.29. The second-order valence-electron chi connectivity index (χ2n) is 5.66. The maximum absolute atomic E-state index is 5.64. The summed E-state index contributed by atoms with van der Waals surface area (Å²) < 4.78 is 17.5. The summed E-state index contributed by atoms with van der Waals surface area (Å²) in [5.74, 6) is 2.51. The minimum Gasteiger partial charge on any atom is -0.496 e. The fourth-order valence-corrected chi connectivity index (χ4v) is 3.71.